The van der Waals surface area contributed by atoms with E-state index in [1.54, 1.807) is 19.1 Å². The topological polar surface area (TPSA) is 114 Å². The third-order valence-corrected chi connectivity index (χ3v) is 6.00. The Kier molecular flexibility index (Phi) is 3.79. The monoisotopic (exact) mass is 385 g/mol. The highest BCUT2D eigenvalue weighted by Crippen LogP contribution is 2.41. The van der Waals surface area contributed by atoms with Gasteiger partial charge < -0.3 is 15.0 Å². The molecule has 0 saturated carbocycles. The Bertz CT molecular complexity index is 1220. The number of ether oxygens (including phenoxy) is 1. The van der Waals surface area contributed by atoms with Crippen LogP contribution in [0.1, 0.15) is 19.4 Å². The van der Waals surface area contributed by atoms with Gasteiger partial charge in [0.1, 0.15) is 5.75 Å². The molecular weight excluding hydrogens is 366 g/mol. The molecule has 1 aromatic heterocycles. The second kappa shape index (κ2) is 5.83. The molecule has 3 aromatic rings. The van der Waals surface area contributed by atoms with Gasteiger partial charge in [-0.2, -0.15) is 0 Å². The second-order valence-electron chi connectivity index (χ2n) is 6.88. The van der Waals surface area contributed by atoms with Crippen molar-refractivity contribution in [1.29, 1.82) is 0 Å². The van der Waals surface area contributed by atoms with Gasteiger partial charge in [-0.15, -0.1) is 0 Å². The maximum Gasteiger partial charge on any atom is 0.255 e. The van der Waals surface area contributed by atoms with Crippen molar-refractivity contribution in [3.63, 3.8) is 0 Å². The molecule has 0 aliphatic carbocycles. The van der Waals surface area contributed by atoms with E-state index in [1.807, 2.05) is 31.2 Å². The lowest BCUT2D eigenvalue weighted by molar-refractivity contribution is 0.0605. The Hall–Kier alpha value is -2.84. The van der Waals surface area contributed by atoms with E-state index in [1.165, 1.54) is 12.1 Å². The molecule has 2 atom stereocenters. The van der Waals surface area contributed by atoms with Crippen molar-refractivity contribution in [2.75, 3.05) is 5.32 Å². The van der Waals surface area contributed by atoms with Gasteiger partial charge in [0, 0.05) is 11.6 Å². The van der Waals surface area contributed by atoms with Gasteiger partial charge >= 0.3 is 0 Å². The maximum absolute atomic E-state index is 12.7. The Morgan fingerprint density at radius 1 is 1.15 bits per heavy atom. The van der Waals surface area contributed by atoms with E-state index in [2.05, 4.69) is 10.3 Å². The summed E-state index contributed by atoms with van der Waals surface area (Å²) in [6, 6.07) is 13.4. The third-order valence-electron chi connectivity index (χ3n) is 5.09. The number of hydrogen-bond donors (Lipinski definition) is 3. The molecule has 1 aliphatic rings. The van der Waals surface area contributed by atoms with Gasteiger partial charge in [-0.3, -0.25) is 4.79 Å². The van der Waals surface area contributed by atoms with Crippen molar-refractivity contribution in [2.45, 2.75) is 30.4 Å². The molecule has 0 saturated heterocycles. The number of hydrogen-bond acceptors (Lipinski definition) is 5. The number of sulfonamides is 1. The summed E-state index contributed by atoms with van der Waals surface area (Å²) in [4.78, 5) is 15.6. The molecule has 0 radical (unpaired) electrons. The number of anilines is 1. The SMILES string of the molecule is CC1Nc2ccc(S(N)(=O)=O)cc2OC1(C)c1cc2ccccc2[nH]c1=O. The summed E-state index contributed by atoms with van der Waals surface area (Å²) in [5, 5.41) is 9.40. The van der Waals surface area contributed by atoms with Gasteiger partial charge in [0.15, 0.2) is 5.60 Å². The Morgan fingerprint density at radius 2 is 1.89 bits per heavy atom. The first-order valence-electron chi connectivity index (χ1n) is 8.43. The summed E-state index contributed by atoms with van der Waals surface area (Å²) in [5.41, 5.74) is 0.568. The average molecular weight is 385 g/mol. The fraction of sp³-hybridized carbons (Fsp3) is 0.211. The maximum atomic E-state index is 12.7. The van der Waals surface area contributed by atoms with Crippen LogP contribution >= 0.6 is 0 Å². The zero-order chi connectivity index (χ0) is 19.4. The van der Waals surface area contributed by atoms with Gasteiger partial charge in [-0.25, -0.2) is 13.6 Å². The summed E-state index contributed by atoms with van der Waals surface area (Å²) in [6.07, 6.45) is 0. The average Bonchev–Trinajstić information content (AvgIpc) is 2.61. The van der Waals surface area contributed by atoms with Crippen LogP contribution in [-0.2, 0) is 15.6 Å². The molecule has 2 aromatic carbocycles. The largest absolute Gasteiger partial charge is 0.478 e. The molecular formula is C19H19N3O4S. The summed E-state index contributed by atoms with van der Waals surface area (Å²) in [6.45, 7) is 3.71. The van der Waals surface area contributed by atoms with E-state index >= 15 is 0 Å². The van der Waals surface area contributed by atoms with E-state index in [-0.39, 0.29) is 16.5 Å². The minimum Gasteiger partial charge on any atom is -0.478 e. The molecule has 0 bridgehead atoms. The molecule has 7 nitrogen and oxygen atoms in total. The number of nitrogens with two attached hydrogens (primary N) is 1. The van der Waals surface area contributed by atoms with E-state index in [0.717, 1.165) is 10.9 Å². The van der Waals surface area contributed by atoms with Crippen molar-refractivity contribution in [1.82, 2.24) is 4.98 Å². The molecule has 1 aliphatic heterocycles. The van der Waals surface area contributed by atoms with Crippen molar-refractivity contribution >= 4 is 26.6 Å². The van der Waals surface area contributed by atoms with Gasteiger partial charge in [0.05, 0.1) is 22.2 Å². The fourth-order valence-corrected chi connectivity index (χ4v) is 3.90. The number of aromatic amines is 1. The summed E-state index contributed by atoms with van der Waals surface area (Å²) in [5.74, 6) is 0.328. The lowest BCUT2D eigenvalue weighted by Gasteiger charge is -2.41. The van der Waals surface area contributed by atoms with E-state index < -0.39 is 15.6 Å². The second-order valence-corrected chi connectivity index (χ2v) is 8.44. The quantitative estimate of drug-likeness (QED) is 0.626. The molecule has 2 unspecified atom stereocenters. The van der Waals surface area contributed by atoms with E-state index in [0.29, 0.717) is 17.0 Å². The standard InChI is InChI=1S/C19H19N3O4S/c1-11-19(2,14-9-12-5-3-4-6-15(12)22-18(14)23)26-17-10-13(27(20,24)25)7-8-16(17)21-11/h3-11,21H,1-2H3,(H,22,23)(H2,20,24,25). The van der Waals surface area contributed by atoms with Crippen molar-refractivity contribution in [3.8, 4) is 5.75 Å². The number of pyridine rings is 1. The first-order valence-corrected chi connectivity index (χ1v) is 9.98. The fourth-order valence-electron chi connectivity index (χ4n) is 3.38. The van der Waals surface area contributed by atoms with Crippen LogP contribution in [0.4, 0.5) is 5.69 Å². The predicted octanol–water partition coefficient (Wildman–Crippen LogP) is 2.28. The highest BCUT2D eigenvalue weighted by molar-refractivity contribution is 7.89. The number of para-hydroxylation sites is 1. The summed E-state index contributed by atoms with van der Waals surface area (Å²) in [7, 11) is -3.86. The smallest absolute Gasteiger partial charge is 0.255 e. The van der Waals surface area contributed by atoms with E-state index in [9.17, 15) is 13.2 Å². The number of fused-ring (bicyclic) bond motifs is 2. The highest BCUT2D eigenvalue weighted by atomic mass is 32.2. The molecule has 0 fully saturated rings. The van der Waals surface area contributed by atoms with E-state index in [4.69, 9.17) is 9.88 Å². The summed E-state index contributed by atoms with van der Waals surface area (Å²) < 4.78 is 29.5. The summed E-state index contributed by atoms with van der Waals surface area (Å²) >= 11 is 0. The van der Waals surface area contributed by atoms with Crippen LogP contribution in [0.2, 0.25) is 0 Å². The minimum absolute atomic E-state index is 0.0487. The molecule has 4 rings (SSSR count). The van der Waals surface area contributed by atoms with Crippen LogP contribution in [0, 0.1) is 0 Å². The number of H-pyrrole nitrogens is 1. The zero-order valence-corrected chi connectivity index (χ0v) is 15.6. The highest BCUT2D eigenvalue weighted by Gasteiger charge is 2.42. The molecule has 27 heavy (non-hydrogen) atoms. The van der Waals surface area contributed by atoms with Crippen molar-refractivity contribution in [3.05, 3.63) is 64.4 Å². The zero-order valence-electron chi connectivity index (χ0n) is 14.8. The van der Waals surface area contributed by atoms with Crippen LogP contribution in [-0.4, -0.2) is 19.4 Å². The van der Waals surface area contributed by atoms with Crippen LogP contribution in [0.15, 0.2) is 58.2 Å². The minimum atomic E-state index is -3.86. The van der Waals surface area contributed by atoms with Gasteiger partial charge in [0.25, 0.3) is 5.56 Å². The van der Waals surface area contributed by atoms with Crippen LogP contribution in [0.3, 0.4) is 0 Å². The molecule has 8 heteroatoms. The molecule has 4 N–H and O–H groups in total. The van der Waals surface area contributed by atoms with Gasteiger partial charge in [-0.1, -0.05) is 18.2 Å². The number of aromatic nitrogens is 1. The molecule has 140 valence electrons. The predicted molar refractivity (Wildman–Crippen MR) is 103 cm³/mol. The van der Waals surface area contributed by atoms with Crippen molar-refractivity contribution < 1.29 is 13.2 Å². The lowest BCUT2D eigenvalue weighted by atomic mass is 9.87. The Balaban J connectivity index is 1.87. The van der Waals surface area contributed by atoms with Crippen LogP contribution in [0.5, 0.6) is 5.75 Å². The Labute approximate surface area is 156 Å². The lowest BCUT2D eigenvalue weighted by Crippen LogP contribution is -2.50. The Morgan fingerprint density at radius 3 is 2.63 bits per heavy atom. The first-order chi connectivity index (χ1) is 12.7. The van der Waals surface area contributed by atoms with Gasteiger partial charge in [0.2, 0.25) is 10.0 Å². The number of primary sulfonamides is 1. The number of nitrogens with one attached hydrogen (secondary N) is 2. The molecule has 2 heterocycles. The van der Waals surface area contributed by atoms with Crippen LogP contribution in [0.25, 0.3) is 10.9 Å². The molecule has 0 spiro atoms. The molecule has 0 amide bonds. The van der Waals surface area contributed by atoms with Gasteiger partial charge in [-0.05, 0) is 43.5 Å². The third kappa shape index (κ3) is 2.87. The van der Waals surface area contributed by atoms with Crippen LogP contribution < -0.4 is 20.8 Å². The van der Waals surface area contributed by atoms with Crippen molar-refractivity contribution in [2.24, 2.45) is 5.14 Å². The number of benzene rings is 2. The number of rotatable bonds is 2. The first kappa shape index (κ1) is 17.6. The normalized spacial score (nSPS) is 22.0.